The summed E-state index contributed by atoms with van der Waals surface area (Å²) in [5.41, 5.74) is 0.940. The molecule has 1 aromatic rings. The van der Waals surface area contributed by atoms with Crippen molar-refractivity contribution in [3.05, 3.63) is 35.1 Å². The Morgan fingerprint density at radius 2 is 2.31 bits per heavy atom. The van der Waals surface area contributed by atoms with Crippen molar-refractivity contribution in [2.75, 3.05) is 19.6 Å². The molecule has 0 saturated carbocycles. The van der Waals surface area contributed by atoms with Crippen LogP contribution in [0, 0.1) is 18.7 Å². The van der Waals surface area contributed by atoms with Gasteiger partial charge in [0.15, 0.2) is 0 Å². The van der Waals surface area contributed by atoms with Gasteiger partial charge >= 0.3 is 0 Å². The molecule has 4 heteroatoms. The highest BCUT2D eigenvalue weighted by Crippen LogP contribution is 2.09. The van der Waals surface area contributed by atoms with E-state index in [4.69, 9.17) is 0 Å². The second-order valence-electron chi connectivity index (χ2n) is 4.20. The van der Waals surface area contributed by atoms with Gasteiger partial charge in [-0.2, -0.15) is 0 Å². The van der Waals surface area contributed by atoms with Crippen molar-refractivity contribution in [2.24, 2.45) is 5.92 Å². The van der Waals surface area contributed by atoms with Crippen LogP contribution in [0.3, 0.4) is 0 Å². The van der Waals surface area contributed by atoms with E-state index < -0.39 is 0 Å². The first-order valence-electron chi connectivity index (χ1n) is 5.42. The molecule has 0 aliphatic carbocycles. The number of benzene rings is 1. The zero-order valence-corrected chi connectivity index (χ0v) is 9.22. The molecule has 0 bridgehead atoms. The number of hydrogen-bond acceptors (Lipinski definition) is 2. The summed E-state index contributed by atoms with van der Waals surface area (Å²) in [5, 5.41) is 5.93. The third-order valence-corrected chi connectivity index (χ3v) is 2.85. The molecular formula is C12H15FN2O. The quantitative estimate of drug-likeness (QED) is 0.803. The van der Waals surface area contributed by atoms with Gasteiger partial charge in [0.25, 0.3) is 5.91 Å². The maximum atomic E-state index is 13.2. The molecule has 1 aromatic carbocycles. The summed E-state index contributed by atoms with van der Waals surface area (Å²) in [6.45, 7) is 4.23. The molecule has 0 radical (unpaired) electrons. The van der Waals surface area contributed by atoms with Gasteiger partial charge in [-0.25, -0.2) is 4.39 Å². The molecule has 0 spiro atoms. The topological polar surface area (TPSA) is 41.1 Å². The van der Waals surface area contributed by atoms with Crippen LogP contribution in [0.5, 0.6) is 0 Å². The Labute approximate surface area is 94.0 Å². The fourth-order valence-corrected chi connectivity index (χ4v) is 1.57. The normalized spacial score (nSPS) is 15.6. The van der Waals surface area contributed by atoms with Crippen molar-refractivity contribution in [2.45, 2.75) is 6.92 Å². The van der Waals surface area contributed by atoms with Gasteiger partial charge in [0.05, 0.1) is 0 Å². The number of carbonyl (C=O) groups is 1. The Morgan fingerprint density at radius 3 is 2.88 bits per heavy atom. The highest BCUT2D eigenvalue weighted by atomic mass is 19.1. The van der Waals surface area contributed by atoms with Crippen LogP contribution in [0.4, 0.5) is 4.39 Å². The lowest BCUT2D eigenvalue weighted by Crippen LogP contribution is -2.48. The minimum Gasteiger partial charge on any atom is -0.352 e. The zero-order valence-electron chi connectivity index (χ0n) is 9.22. The molecule has 1 aliphatic rings. The third kappa shape index (κ3) is 2.39. The first-order chi connectivity index (χ1) is 7.66. The van der Waals surface area contributed by atoms with Gasteiger partial charge in [-0.3, -0.25) is 4.79 Å². The van der Waals surface area contributed by atoms with Crippen LogP contribution in [0.2, 0.25) is 0 Å². The molecule has 1 fully saturated rings. The zero-order chi connectivity index (χ0) is 11.5. The minimum absolute atomic E-state index is 0.203. The maximum absolute atomic E-state index is 13.2. The van der Waals surface area contributed by atoms with Crippen LogP contribution in [-0.2, 0) is 0 Å². The molecule has 1 aliphatic heterocycles. The molecular weight excluding hydrogens is 207 g/mol. The summed E-state index contributed by atoms with van der Waals surface area (Å²) in [7, 11) is 0. The van der Waals surface area contributed by atoms with E-state index in [0.29, 0.717) is 23.6 Å². The van der Waals surface area contributed by atoms with E-state index >= 15 is 0 Å². The highest BCUT2D eigenvalue weighted by molar-refractivity contribution is 5.94. The smallest absolute Gasteiger partial charge is 0.251 e. The number of hydrogen-bond donors (Lipinski definition) is 2. The van der Waals surface area contributed by atoms with Gasteiger partial charge in [-0.1, -0.05) is 6.07 Å². The third-order valence-electron chi connectivity index (χ3n) is 2.85. The number of nitrogens with one attached hydrogen (secondary N) is 2. The van der Waals surface area contributed by atoms with E-state index in [1.165, 1.54) is 6.07 Å². The van der Waals surface area contributed by atoms with E-state index in [2.05, 4.69) is 10.6 Å². The standard InChI is InChI=1S/C12H15FN2O/c1-8-2-3-10(4-11(8)13)12(16)15-7-9-5-14-6-9/h2-4,9,14H,5-7H2,1H3,(H,15,16). The fourth-order valence-electron chi connectivity index (χ4n) is 1.57. The molecule has 0 unspecified atom stereocenters. The molecule has 1 saturated heterocycles. The molecule has 86 valence electrons. The maximum Gasteiger partial charge on any atom is 0.251 e. The van der Waals surface area contributed by atoms with Crippen molar-refractivity contribution in [1.82, 2.24) is 10.6 Å². The molecule has 1 amide bonds. The molecule has 0 aromatic heterocycles. The second kappa shape index (κ2) is 4.61. The number of amides is 1. The summed E-state index contributed by atoms with van der Waals surface area (Å²) in [6, 6.07) is 4.55. The van der Waals surface area contributed by atoms with E-state index in [0.717, 1.165) is 13.1 Å². The lowest BCUT2D eigenvalue weighted by Gasteiger charge is -2.27. The van der Waals surface area contributed by atoms with Crippen molar-refractivity contribution in [3.8, 4) is 0 Å². The Morgan fingerprint density at radius 1 is 1.56 bits per heavy atom. The average Bonchev–Trinajstić information content (AvgIpc) is 2.19. The SMILES string of the molecule is Cc1ccc(C(=O)NCC2CNC2)cc1F. The lowest BCUT2D eigenvalue weighted by atomic mass is 10.0. The Kier molecular flexibility index (Phi) is 3.19. The lowest BCUT2D eigenvalue weighted by molar-refractivity contribution is 0.0942. The van der Waals surface area contributed by atoms with E-state index in [1.54, 1.807) is 19.1 Å². The van der Waals surface area contributed by atoms with Crippen molar-refractivity contribution < 1.29 is 9.18 Å². The van der Waals surface area contributed by atoms with Crippen LogP contribution in [-0.4, -0.2) is 25.5 Å². The summed E-state index contributed by atoms with van der Waals surface area (Å²) in [6.07, 6.45) is 0. The minimum atomic E-state index is -0.335. The monoisotopic (exact) mass is 222 g/mol. The summed E-state index contributed by atoms with van der Waals surface area (Å²) < 4.78 is 13.2. The highest BCUT2D eigenvalue weighted by Gasteiger charge is 2.17. The van der Waals surface area contributed by atoms with E-state index in [-0.39, 0.29) is 11.7 Å². The van der Waals surface area contributed by atoms with Crippen molar-refractivity contribution >= 4 is 5.91 Å². The molecule has 16 heavy (non-hydrogen) atoms. The molecule has 0 atom stereocenters. The van der Waals surface area contributed by atoms with Gasteiger partial charge in [-0.15, -0.1) is 0 Å². The van der Waals surface area contributed by atoms with Gasteiger partial charge in [0, 0.05) is 31.1 Å². The molecule has 2 rings (SSSR count). The number of rotatable bonds is 3. The van der Waals surface area contributed by atoms with E-state index in [1.807, 2.05) is 0 Å². The van der Waals surface area contributed by atoms with Gasteiger partial charge in [-0.05, 0) is 24.6 Å². The van der Waals surface area contributed by atoms with Gasteiger partial charge < -0.3 is 10.6 Å². The van der Waals surface area contributed by atoms with Crippen LogP contribution in [0.25, 0.3) is 0 Å². The Hall–Kier alpha value is -1.42. The fraction of sp³-hybridized carbons (Fsp3) is 0.417. The molecule has 3 nitrogen and oxygen atoms in total. The Balaban J connectivity index is 1.94. The van der Waals surface area contributed by atoms with Crippen LogP contribution < -0.4 is 10.6 Å². The van der Waals surface area contributed by atoms with Gasteiger partial charge in [0.1, 0.15) is 5.82 Å². The summed E-state index contributed by atoms with van der Waals surface area (Å²) in [5.74, 6) is -0.0250. The largest absolute Gasteiger partial charge is 0.352 e. The Bertz CT molecular complexity index is 402. The second-order valence-corrected chi connectivity index (χ2v) is 4.20. The van der Waals surface area contributed by atoms with Crippen molar-refractivity contribution in [1.29, 1.82) is 0 Å². The molecule has 1 heterocycles. The van der Waals surface area contributed by atoms with Crippen LogP contribution in [0.1, 0.15) is 15.9 Å². The number of aryl methyl sites for hydroxylation is 1. The van der Waals surface area contributed by atoms with E-state index in [9.17, 15) is 9.18 Å². The number of halogens is 1. The summed E-state index contributed by atoms with van der Waals surface area (Å²) >= 11 is 0. The predicted octanol–water partition coefficient (Wildman–Crippen LogP) is 1.08. The average molecular weight is 222 g/mol. The first kappa shape index (κ1) is 11.1. The number of carbonyl (C=O) groups excluding carboxylic acids is 1. The van der Waals surface area contributed by atoms with Gasteiger partial charge in [0.2, 0.25) is 0 Å². The first-order valence-corrected chi connectivity index (χ1v) is 5.42. The van der Waals surface area contributed by atoms with Crippen LogP contribution >= 0.6 is 0 Å². The summed E-state index contributed by atoms with van der Waals surface area (Å²) in [4.78, 5) is 11.7. The predicted molar refractivity (Wildman–Crippen MR) is 59.8 cm³/mol. The van der Waals surface area contributed by atoms with Crippen LogP contribution in [0.15, 0.2) is 18.2 Å². The van der Waals surface area contributed by atoms with Crippen molar-refractivity contribution in [3.63, 3.8) is 0 Å². The molecule has 2 N–H and O–H groups in total.